The van der Waals surface area contributed by atoms with E-state index >= 15 is 0 Å². The second-order valence-corrected chi connectivity index (χ2v) is 2.02. The van der Waals surface area contributed by atoms with E-state index in [0.29, 0.717) is 5.56 Å². The van der Waals surface area contributed by atoms with E-state index in [1.165, 1.54) is 0 Å². The molecule has 0 saturated carbocycles. The number of carbonyl (C=O) groups is 1. The molecule has 2 nitrogen and oxygen atoms in total. The van der Waals surface area contributed by atoms with Crippen LogP contribution >= 0.6 is 11.8 Å². The quantitative estimate of drug-likeness (QED) is 0.523. The van der Waals surface area contributed by atoms with Crippen LogP contribution < -0.4 is 4.84 Å². The fraction of sp³-hybridized carbons (Fsp3) is 0. The van der Waals surface area contributed by atoms with Gasteiger partial charge >= 0.3 is 0 Å². The number of benzene rings is 1. The smallest absolute Gasteiger partial charge is 0.150 e. The van der Waals surface area contributed by atoms with Crippen molar-refractivity contribution in [2.24, 2.45) is 0 Å². The van der Waals surface area contributed by atoms with Crippen molar-refractivity contribution >= 4 is 23.8 Å². The highest BCUT2D eigenvalue weighted by atomic mass is 35.5. The van der Waals surface area contributed by atoms with Crippen LogP contribution in [0.5, 0.6) is 0 Å². The van der Waals surface area contributed by atoms with E-state index in [1.54, 1.807) is 24.3 Å². The van der Waals surface area contributed by atoms with Crippen molar-refractivity contribution in [3.63, 3.8) is 0 Å². The van der Waals surface area contributed by atoms with Crippen molar-refractivity contribution in [3.8, 4) is 0 Å². The molecule has 0 saturated heterocycles. The standard InChI is InChI=1S/C7H6ClNO/c8-9-7-3-1-6(5-10)2-4-7/h1-5,9H. The lowest BCUT2D eigenvalue weighted by Crippen LogP contribution is -1.81. The van der Waals surface area contributed by atoms with Crippen molar-refractivity contribution < 1.29 is 4.79 Å². The van der Waals surface area contributed by atoms with Gasteiger partial charge in [-0.05, 0) is 24.3 Å². The summed E-state index contributed by atoms with van der Waals surface area (Å²) < 4.78 is 0. The van der Waals surface area contributed by atoms with Gasteiger partial charge in [-0.1, -0.05) is 0 Å². The minimum Gasteiger partial charge on any atom is -0.299 e. The van der Waals surface area contributed by atoms with Crippen LogP contribution in [0.3, 0.4) is 0 Å². The Balaban J connectivity index is 2.90. The summed E-state index contributed by atoms with van der Waals surface area (Å²) in [7, 11) is 0. The van der Waals surface area contributed by atoms with Gasteiger partial charge in [0.25, 0.3) is 0 Å². The minimum atomic E-state index is 0.649. The van der Waals surface area contributed by atoms with Gasteiger partial charge in [-0.15, -0.1) is 0 Å². The molecule has 0 spiro atoms. The van der Waals surface area contributed by atoms with Crippen LogP contribution in [0.2, 0.25) is 0 Å². The van der Waals surface area contributed by atoms with Crippen LogP contribution in [0.15, 0.2) is 24.3 Å². The normalized spacial score (nSPS) is 8.90. The Morgan fingerprint density at radius 2 is 1.90 bits per heavy atom. The maximum Gasteiger partial charge on any atom is 0.150 e. The van der Waals surface area contributed by atoms with E-state index in [4.69, 9.17) is 11.8 Å². The lowest BCUT2D eigenvalue weighted by molar-refractivity contribution is 0.112. The number of hydrogen-bond acceptors (Lipinski definition) is 2. The molecule has 10 heavy (non-hydrogen) atoms. The second kappa shape index (κ2) is 3.22. The zero-order valence-electron chi connectivity index (χ0n) is 5.17. The molecule has 0 fully saturated rings. The molecule has 0 aliphatic carbocycles. The summed E-state index contributed by atoms with van der Waals surface area (Å²) in [5.74, 6) is 0. The topological polar surface area (TPSA) is 29.1 Å². The highest BCUT2D eigenvalue weighted by molar-refractivity contribution is 6.23. The van der Waals surface area contributed by atoms with Gasteiger partial charge in [0.1, 0.15) is 6.29 Å². The summed E-state index contributed by atoms with van der Waals surface area (Å²) in [6.45, 7) is 0. The van der Waals surface area contributed by atoms with Gasteiger partial charge in [-0.25, -0.2) is 0 Å². The summed E-state index contributed by atoms with van der Waals surface area (Å²) in [6, 6.07) is 6.85. The largest absolute Gasteiger partial charge is 0.299 e. The molecule has 52 valence electrons. The summed E-state index contributed by atoms with van der Waals surface area (Å²) in [5.41, 5.74) is 1.43. The highest BCUT2D eigenvalue weighted by Gasteiger charge is 1.88. The number of halogens is 1. The minimum absolute atomic E-state index is 0.649. The molecular formula is C7H6ClNO. The predicted octanol–water partition coefficient (Wildman–Crippen LogP) is 2.06. The van der Waals surface area contributed by atoms with Crippen LogP contribution in [-0.2, 0) is 0 Å². The SMILES string of the molecule is O=Cc1ccc(NCl)cc1. The number of nitrogens with one attached hydrogen (secondary N) is 1. The predicted molar refractivity (Wildman–Crippen MR) is 41.3 cm³/mol. The molecule has 3 heteroatoms. The number of rotatable bonds is 2. The molecule has 0 amide bonds. The molecule has 0 aliphatic rings. The first-order valence-electron chi connectivity index (χ1n) is 2.78. The molecule has 1 aromatic carbocycles. The Morgan fingerprint density at radius 1 is 1.30 bits per heavy atom. The lowest BCUT2D eigenvalue weighted by Gasteiger charge is -1.94. The molecule has 0 atom stereocenters. The molecule has 0 heterocycles. The van der Waals surface area contributed by atoms with Crippen molar-refractivity contribution in [2.45, 2.75) is 0 Å². The van der Waals surface area contributed by atoms with Crippen LogP contribution in [0.4, 0.5) is 5.69 Å². The van der Waals surface area contributed by atoms with E-state index in [0.717, 1.165) is 12.0 Å². The van der Waals surface area contributed by atoms with Gasteiger partial charge < -0.3 is 0 Å². The zero-order chi connectivity index (χ0) is 7.40. The molecule has 1 N–H and O–H groups in total. The van der Waals surface area contributed by atoms with E-state index in [2.05, 4.69) is 4.84 Å². The molecule has 1 aromatic rings. The Labute approximate surface area is 63.9 Å². The third-order valence-corrected chi connectivity index (χ3v) is 1.37. The summed E-state index contributed by atoms with van der Waals surface area (Å²) in [5, 5.41) is 0. The lowest BCUT2D eigenvalue weighted by atomic mass is 10.2. The Hall–Kier alpha value is -1.02. The molecule has 0 unspecified atom stereocenters. The number of aldehydes is 1. The van der Waals surface area contributed by atoms with Crippen LogP contribution in [-0.4, -0.2) is 6.29 Å². The Morgan fingerprint density at radius 3 is 2.30 bits per heavy atom. The number of carbonyl (C=O) groups excluding carboxylic acids is 1. The summed E-state index contributed by atoms with van der Waals surface area (Å²) in [4.78, 5) is 12.6. The van der Waals surface area contributed by atoms with Crippen LogP contribution in [0, 0.1) is 0 Å². The van der Waals surface area contributed by atoms with Crippen molar-refractivity contribution in [1.82, 2.24) is 0 Å². The molecule has 0 aromatic heterocycles. The van der Waals surface area contributed by atoms with Crippen LogP contribution in [0.1, 0.15) is 10.4 Å². The second-order valence-electron chi connectivity index (χ2n) is 1.83. The van der Waals surface area contributed by atoms with Crippen LogP contribution in [0.25, 0.3) is 0 Å². The highest BCUT2D eigenvalue weighted by Crippen LogP contribution is 2.08. The van der Waals surface area contributed by atoms with Gasteiger partial charge in [0.2, 0.25) is 0 Å². The van der Waals surface area contributed by atoms with Gasteiger partial charge in [-0.3, -0.25) is 9.63 Å². The molecule has 0 bridgehead atoms. The molecule has 1 rings (SSSR count). The summed E-state index contributed by atoms with van der Waals surface area (Å²) in [6.07, 6.45) is 0.790. The first kappa shape index (κ1) is 7.09. The third-order valence-electron chi connectivity index (χ3n) is 1.16. The first-order valence-corrected chi connectivity index (χ1v) is 3.16. The van der Waals surface area contributed by atoms with Gasteiger partial charge in [0.15, 0.2) is 0 Å². The summed E-state index contributed by atoms with van der Waals surface area (Å²) >= 11 is 5.28. The van der Waals surface area contributed by atoms with Gasteiger partial charge in [0.05, 0.1) is 0 Å². The average molecular weight is 156 g/mol. The fourth-order valence-electron chi connectivity index (χ4n) is 0.625. The average Bonchev–Trinajstić information content (AvgIpc) is 2.05. The molecular weight excluding hydrogens is 150 g/mol. The van der Waals surface area contributed by atoms with Crippen molar-refractivity contribution in [3.05, 3.63) is 29.8 Å². The van der Waals surface area contributed by atoms with Crippen molar-refractivity contribution in [1.29, 1.82) is 0 Å². The van der Waals surface area contributed by atoms with E-state index in [9.17, 15) is 4.79 Å². The van der Waals surface area contributed by atoms with Crippen molar-refractivity contribution in [2.75, 3.05) is 4.84 Å². The zero-order valence-corrected chi connectivity index (χ0v) is 5.93. The van der Waals surface area contributed by atoms with Gasteiger partial charge in [-0.2, -0.15) is 0 Å². The number of anilines is 1. The maximum absolute atomic E-state index is 10.2. The molecule has 0 aliphatic heterocycles. The van der Waals surface area contributed by atoms with E-state index < -0.39 is 0 Å². The van der Waals surface area contributed by atoms with E-state index in [1.807, 2.05) is 0 Å². The number of hydrogen-bond donors (Lipinski definition) is 1. The monoisotopic (exact) mass is 155 g/mol. The maximum atomic E-state index is 10.2. The third kappa shape index (κ3) is 1.48. The fourth-order valence-corrected chi connectivity index (χ4v) is 0.751. The van der Waals surface area contributed by atoms with Gasteiger partial charge in [0, 0.05) is 23.0 Å². The van der Waals surface area contributed by atoms with E-state index in [-0.39, 0.29) is 0 Å². The Bertz CT molecular complexity index is 220. The molecule has 0 radical (unpaired) electrons. The first-order chi connectivity index (χ1) is 4.86. The Kier molecular flexibility index (Phi) is 2.29.